The standard InChI is InChI=1S/C24H28FN3O/c1-16(2)24(29)27-21-5-3-4-18(12-21)17-8-10-28(11-9-17)15-19-14-26-23-7-6-20(25)13-22(19)23/h3-7,12-14,16-17,26H,8-11,15H2,1-2H3,(H,27,29). The number of nitrogens with one attached hydrogen (secondary N) is 2. The molecule has 1 aliphatic heterocycles. The molecule has 2 heterocycles. The smallest absolute Gasteiger partial charge is 0.226 e. The molecule has 1 amide bonds. The number of hydrogen-bond acceptors (Lipinski definition) is 2. The summed E-state index contributed by atoms with van der Waals surface area (Å²) in [4.78, 5) is 17.6. The molecule has 1 fully saturated rings. The monoisotopic (exact) mass is 393 g/mol. The number of aromatic nitrogens is 1. The zero-order chi connectivity index (χ0) is 20.4. The predicted octanol–water partition coefficient (Wildman–Crippen LogP) is 5.28. The minimum absolute atomic E-state index is 0.0279. The Hall–Kier alpha value is -2.66. The summed E-state index contributed by atoms with van der Waals surface area (Å²) in [6, 6.07) is 13.2. The molecule has 0 saturated carbocycles. The van der Waals surface area contributed by atoms with Gasteiger partial charge in [-0.05, 0) is 73.3 Å². The van der Waals surface area contributed by atoms with E-state index in [4.69, 9.17) is 0 Å². The summed E-state index contributed by atoms with van der Waals surface area (Å²) >= 11 is 0. The van der Waals surface area contributed by atoms with Crippen molar-refractivity contribution in [1.29, 1.82) is 0 Å². The summed E-state index contributed by atoms with van der Waals surface area (Å²) in [5.41, 5.74) is 4.30. The Morgan fingerprint density at radius 2 is 2.00 bits per heavy atom. The third-order valence-corrected chi connectivity index (χ3v) is 5.86. The van der Waals surface area contributed by atoms with E-state index in [1.165, 1.54) is 11.6 Å². The highest BCUT2D eigenvalue weighted by atomic mass is 19.1. The van der Waals surface area contributed by atoms with Crippen LogP contribution in [0, 0.1) is 11.7 Å². The number of likely N-dealkylation sites (tertiary alicyclic amines) is 1. The van der Waals surface area contributed by atoms with Gasteiger partial charge in [-0.1, -0.05) is 26.0 Å². The topological polar surface area (TPSA) is 48.1 Å². The van der Waals surface area contributed by atoms with Gasteiger partial charge >= 0.3 is 0 Å². The van der Waals surface area contributed by atoms with Crippen LogP contribution < -0.4 is 5.32 Å². The van der Waals surface area contributed by atoms with Crippen molar-refractivity contribution in [2.24, 2.45) is 5.92 Å². The molecular weight excluding hydrogens is 365 g/mol. The predicted molar refractivity (Wildman–Crippen MR) is 115 cm³/mol. The number of amides is 1. The molecular formula is C24H28FN3O. The number of aromatic amines is 1. The molecule has 0 spiro atoms. The molecule has 4 nitrogen and oxygen atoms in total. The fourth-order valence-electron chi connectivity index (χ4n) is 4.10. The maximum absolute atomic E-state index is 13.6. The summed E-state index contributed by atoms with van der Waals surface area (Å²) < 4.78 is 13.6. The molecule has 0 radical (unpaired) electrons. The Kier molecular flexibility index (Phi) is 5.67. The third-order valence-electron chi connectivity index (χ3n) is 5.86. The molecule has 1 saturated heterocycles. The molecule has 4 rings (SSSR count). The number of H-pyrrole nitrogens is 1. The number of fused-ring (bicyclic) bond motifs is 1. The van der Waals surface area contributed by atoms with E-state index in [-0.39, 0.29) is 17.6 Å². The van der Waals surface area contributed by atoms with Gasteiger partial charge < -0.3 is 10.3 Å². The summed E-state index contributed by atoms with van der Waals surface area (Å²) in [6.45, 7) is 6.65. The van der Waals surface area contributed by atoms with Crippen molar-refractivity contribution in [3.8, 4) is 0 Å². The van der Waals surface area contributed by atoms with Crippen LogP contribution in [0.1, 0.15) is 43.7 Å². The minimum atomic E-state index is -0.193. The molecule has 0 atom stereocenters. The van der Waals surface area contributed by atoms with Crippen molar-refractivity contribution in [1.82, 2.24) is 9.88 Å². The molecule has 2 N–H and O–H groups in total. The summed E-state index contributed by atoms with van der Waals surface area (Å²) in [5.74, 6) is 0.330. The van der Waals surface area contributed by atoms with Gasteiger partial charge in [-0.3, -0.25) is 9.69 Å². The lowest BCUT2D eigenvalue weighted by Crippen LogP contribution is -2.32. The summed E-state index contributed by atoms with van der Waals surface area (Å²) in [5, 5.41) is 3.97. The molecule has 29 heavy (non-hydrogen) atoms. The lowest BCUT2D eigenvalue weighted by atomic mass is 9.89. The summed E-state index contributed by atoms with van der Waals surface area (Å²) in [7, 11) is 0. The van der Waals surface area contributed by atoms with Crippen LogP contribution in [0.5, 0.6) is 0 Å². The van der Waals surface area contributed by atoms with Crippen molar-refractivity contribution in [2.75, 3.05) is 18.4 Å². The van der Waals surface area contributed by atoms with E-state index in [0.29, 0.717) is 5.92 Å². The number of benzene rings is 2. The van der Waals surface area contributed by atoms with E-state index in [1.807, 2.05) is 32.2 Å². The van der Waals surface area contributed by atoms with Crippen LogP contribution >= 0.6 is 0 Å². The van der Waals surface area contributed by atoms with Gasteiger partial charge in [0.05, 0.1) is 0 Å². The largest absolute Gasteiger partial charge is 0.361 e. The molecule has 1 aliphatic rings. The first-order valence-electron chi connectivity index (χ1n) is 10.4. The Morgan fingerprint density at radius 1 is 1.21 bits per heavy atom. The number of halogens is 1. The van der Waals surface area contributed by atoms with Crippen LogP contribution in [0.4, 0.5) is 10.1 Å². The van der Waals surface area contributed by atoms with E-state index in [9.17, 15) is 9.18 Å². The Labute approximate surface area is 171 Å². The molecule has 3 aromatic rings. The highest BCUT2D eigenvalue weighted by Crippen LogP contribution is 2.31. The van der Waals surface area contributed by atoms with Crippen molar-refractivity contribution < 1.29 is 9.18 Å². The number of hydrogen-bond donors (Lipinski definition) is 2. The van der Waals surface area contributed by atoms with Gasteiger partial charge in [-0.15, -0.1) is 0 Å². The first kappa shape index (κ1) is 19.6. The zero-order valence-corrected chi connectivity index (χ0v) is 17.0. The quantitative estimate of drug-likeness (QED) is 0.619. The van der Waals surface area contributed by atoms with Crippen molar-refractivity contribution in [3.05, 3.63) is 65.6 Å². The lowest BCUT2D eigenvalue weighted by Gasteiger charge is -2.32. The highest BCUT2D eigenvalue weighted by molar-refractivity contribution is 5.92. The van der Waals surface area contributed by atoms with Crippen LogP contribution in [-0.4, -0.2) is 28.9 Å². The van der Waals surface area contributed by atoms with Gasteiger partial charge in [0.1, 0.15) is 5.82 Å². The lowest BCUT2D eigenvalue weighted by molar-refractivity contribution is -0.118. The first-order valence-corrected chi connectivity index (χ1v) is 10.4. The zero-order valence-electron chi connectivity index (χ0n) is 17.0. The molecule has 2 aromatic carbocycles. The minimum Gasteiger partial charge on any atom is -0.361 e. The van der Waals surface area contributed by atoms with Crippen LogP contribution in [0.2, 0.25) is 0 Å². The average molecular weight is 394 g/mol. The molecule has 0 bridgehead atoms. The van der Waals surface area contributed by atoms with E-state index in [0.717, 1.165) is 54.6 Å². The maximum atomic E-state index is 13.6. The van der Waals surface area contributed by atoms with Gasteiger partial charge in [-0.2, -0.15) is 0 Å². The molecule has 0 unspecified atom stereocenters. The fourth-order valence-corrected chi connectivity index (χ4v) is 4.10. The van der Waals surface area contributed by atoms with Crippen LogP contribution in [0.25, 0.3) is 10.9 Å². The summed E-state index contributed by atoms with van der Waals surface area (Å²) in [6.07, 6.45) is 4.16. The van der Waals surface area contributed by atoms with E-state index >= 15 is 0 Å². The van der Waals surface area contributed by atoms with Crippen molar-refractivity contribution >= 4 is 22.5 Å². The van der Waals surface area contributed by atoms with Crippen LogP contribution in [0.15, 0.2) is 48.7 Å². The Balaban J connectivity index is 1.38. The highest BCUT2D eigenvalue weighted by Gasteiger charge is 2.22. The van der Waals surface area contributed by atoms with Gasteiger partial charge in [0.15, 0.2) is 0 Å². The number of carbonyl (C=O) groups is 1. The van der Waals surface area contributed by atoms with Gasteiger partial charge in [-0.25, -0.2) is 4.39 Å². The van der Waals surface area contributed by atoms with Gasteiger partial charge in [0.25, 0.3) is 0 Å². The van der Waals surface area contributed by atoms with Gasteiger partial charge in [0.2, 0.25) is 5.91 Å². The first-order chi connectivity index (χ1) is 14.0. The third kappa shape index (κ3) is 4.51. The number of piperidine rings is 1. The fraction of sp³-hybridized carbons (Fsp3) is 0.375. The SMILES string of the molecule is CC(C)C(=O)Nc1cccc(C2CCN(Cc3c[nH]c4ccc(F)cc34)CC2)c1. The number of anilines is 1. The molecule has 1 aromatic heterocycles. The second-order valence-electron chi connectivity index (χ2n) is 8.32. The van der Waals surface area contributed by atoms with Crippen LogP contribution in [-0.2, 0) is 11.3 Å². The average Bonchev–Trinajstić information content (AvgIpc) is 3.10. The molecule has 0 aliphatic carbocycles. The Morgan fingerprint density at radius 3 is 2.76 bits per heavy atom. The van der Waals surface area contributed by atoms with Crippen molar-refractivity contribution in [2.45, 2.75) is 39.2 Å². The van der Waals surface area contributed by atoms with Crippen LogP contribution in [0.3, 0.4) is 0 Å². The maximum Gasteiger partial charge on any atom is 0.226 e. The second-order valence-corrected chi connectivity index (χ2v) is 8.32. The molecule has 152 valence electrons. The van der Waals surface area contributed by atoms with Gasteiger partial charge in [0, 0.05) is 35.2 Å². The number of carbonyl (C=O) groups excluding carboxylic acids is 1. The van der Waals surface area contributed by atoms with Crippen molar-refractivity contribution in [3.63, 3.8) is 0 Å². The van der Waals surface area contributed by atoms with E-state index < -0.39 is 0 Å². The van der Waals surface area contributed by atoms with E-state index in [2.05, 4.69) is 27.3 Å². The second kappa shape index (κ2) is 8.37. The Bertz CT molecular complexity index is 1000. The normalized spacial score (nSPS) is 15.9. The van der Waals surface area contributed by atoms with E-state index in [1.54, 1.807) is 12.1 Å². The number of rotatable bonds is 5. The number of nitrogens with zero attached hydrogens (tertiary/aromatic N) is 1. The molecule has 5 heteroatoms.